The van der Waals surface area contributed by atoms with Gasteiger partial charge in [-0.15, -0.1) is 5.10 Å². The largest absolute Gasteiger partial charge is 0.310 e. The van der Waals surface area contributed by atoms with Gasteiger partial charge in [0.2, 0.25) is 0 Å². The first-order chi connectivity index (χ1) is 9.33. The van der Waals surface area contributed by atoms with Crippen molar-refractivity contribution in [3.8, 4) is 0 Å². The average Bonchev–Trinajstić information content (AvgIpc) is 2.81. The molecule has 0 amide bonds. The van der Waals surface area contributed by atoms with Crippen LogP contribution in [0.4, 0.5) is 0 Å². The number of rotatable bonds is 3. The highest BCUT2D eigenvalue weighted by atomic mass is 15.7. The molecule has 0 atom stereocenters. The lowest BCUT2D eigenvalue weighted by atomic mass is 10.1. The summed E-state index contributed by atoms with van der Waals surface area (Å²) in [7, 11) is 0. The van der Waals surface area contributed by atoms with E-state index in [-0.39, 0.29) is 0 Å². The second kappa shape index (κ2) is 5.12. The van der Waals surface area contributed by atoms with E-state index in [0.717, 1.165) is 17.8 Å². The van der Waals surface area contributed by atoms with Gasteiger partial charge in [-0.25, -0.2) is 11.0 Å². The molecule has 0 radical (unpaired) electrons. The summed E-state index contributed by atoms with van der Waals surface area (Å²) in [6.07, 6.45) is 11.2. The first-order valence-electron chi connectivity index (χ1n) is 6.30. The molecule has 19 heavy (non-hydrogen) atoms. The zero-order valence-electron chi connectivity index (χ0n) is 10.6. The molecule has 4 heteroatoms. The topological polar surface area (TPSA) is 44.9 Å². The SMILES string of the molecule is NN1CN2C=CC=C(C=CCc3ccccc3)C2=N1. The standard InChI is InChI=1S/C15H16N4/c16-19-12-18-11-5-10-14(15(18)17-19)9-4-8-13-6-2-1-3-7-13/h1-7,9-11H,8,12,16H2. The van der Waals surface area contributed by atoms with Crippen molar-refractivity contribution >= 4 is 5.84 Å². The van der Waals surface area contributed by atoms with Crippen LogP contribution in [0.2, 0.25) is 0 Å². The van der Waals surface area contributed by atoms with Gasteiger partial charge in [0.25, 0.3) is 0 Å². The minimum atomic E-state index is 0.607. The molecule has 1 aromatic carbocycles. The third-order valence-corrected chi connectivity index (χ3v) is 3.09. The Bertz CT molecular complexity index is 569. The number of amidine groups is 1. The van der Waals surface area contributed by atoms with Gasteiger partial charge in [-0.3, -0.25) is 0 Å². The second-order valence-electron chi connectivity index (χ2n) is 4.53. The van der Waals surface area contributed by atoms with Crippen LogP contribution in [0, 0.1) is 0 Å². The van der Waals surface area contributed by atoms with Crippen molar-refractivity contribution in [2.45, 2.75) is 6.42 Å². The molecule has 2 heterocycles. The van der Waals surface area contributed by atoms with E-state index in [1.54, 1.807) is 0 Å². The summed E-state index contributed by atoms with van der Waals surface area (Å²) in [6, 6.07) is 10.4. The van der Waals surface area contributed by atoms with Crippen molar-refractivity contribution in [2.24, 2.45) is 10.9 Å². The van der Waals surface area contributed by atoms with Crippen molar-refractivity contribution < 1.29 is 0 Å². The van der Waals surface area contributed by atoms with E-state index in [9.17, 15) is 0 Å². The fourth-order valence-corrected chi connectivity index (χ4v) is 2.17. The average molecular weight is 252 g/mol. The number of nitrogens with zero attached hydrogens (tertiary/aromatic N) is 3. The smallest absolute Gasteiger partial charge is 0.163 e. The number of fused-ring (bicyclic) bond motifs is 1. The van der Waals surface area contributed by atoms with Crippen molar-refractivity contribution in [1.29, 1.82) is 0 Å². The maximum Gasteiger partial charge on any atom is 0.163 e. The Morgan fingerprint density at radius 3 is 2.95 bits per heavy atom. The first kappa shape index (κ1) is 11.7. The Hall–Kier alpha value is -2.33. The number of allylic oxidation sites excluding steroid dienone is 3. The fourth-order valence-electron chi connectivity index (χ4n) is 2.17. The molecule has 0 aromatic heterocycles. The zero-order valence-corrected chi connectivity index (χ0v) is 10.6. The van der Waals surface area contributed by atoms with E-state index in [2.05, 4.69) is 47.6 Å². The van der Waals surface area contributed by atoms with Crippen LogP contribution in [0.25, 0.3) is 0 Å². The summed E-state index contributed by atoms with van der Waals surface area (Å²) < 4.78 is 0. The number of hydrogen-bond donors (Lipinski definition) is 1. The second-order valence-corrected chi connectivity index (χ2v) is 4.53. The van der Waals surface area contributed by atoms with Crippen LogP contribution in [0.15, 0.2) is 71.5 Å². The third kappa shape index (κ3) is 2.58. The monoisotopic (exact) mass is 252 g/mol. The highest BCUT2D eigenvalue weighted by Gasteiger charge is 2.22. The molecule has 0 fully saturated rings. The van der Waals surface area contributed by atoms with Crippen LogP contribution in [0.3, 0.4) is 0 Å². The van der Waals surface area contributed by atoms with Crippen LogP contribution >= 0.6 is 0 Å². The van der Waals surface area contributed by atoms with E-state index >= 15 is 0 Å². The van der Waals surface area contributed by atoms with Crippen molar-refractivity contribution in [2.75, 3.05) is 6.67 Å². The first-order valence-corrected chi connectivity index (χ1v) is 6.30. The molecule has 0 spiro atoms. The molecule has 2 N–H and O–H groups in total. The normalized spacial score (nSPS) is 17.7. The minimum Gasteiger partial charge on any atom is -0.310 e. The van der Waals surface area contributed by atoms with Gasteiger partial charge in [0, 0.05) is 11.8 Å². The van der Waals surface area contributed by atoms with Crippen LogP contribution in [0.5, 0.6) is 0 Å². The molecule has 3 rings (SSSR count). The molecule has 96 valence electrons. The lowest BCUT2D eigenvalue weighted by Crippen LogP contribution is -2.30. The quantitative estimate of drug-likeness (QED) is 0.837. The molecule has 0 saturated carbocycles. The Kier molecular flexibility index (Phi) is 3.16. The maximum atomic E-state index is 5.70. The van der Waals surface area contributed by atoms with E-state index < -0.39 is 0 Å². The van der Waals surface area contributed by atoms with Gasteiger partial charge in [-0.05, 0) is 24.1 Å². The predicted octanol–water partition coefficient (Wildman–Crippen LogP) is 2.00. The summed E-state index contributed by atoms with van der Waals surface area (Å²) in [4.78, 5) is 2.03. The fraction of sp³-hybridized carbons (Fsp3) is 0.133. The Labute approximate surface area is 112 Å². The van der Waals surface area contributed by atoms with Crippen LogP contribution in [-0.4, -0.2) is 22.5 Å². The molecular formula is C15H16N4. The molecule has 2 aliphatic rings. The maximum absolute atomic E-state index is 5.70. The molecule has 0 bridgehead atoms. The van der Waals surface area contributed by atoms with Gasteiger partial charge in [0.05, 0.1) is 0 Å². The lowest BCUT2D eigenvalue weighted by molar-refractivity contribution is 0.271. The molecule has 2 aliphatic heterocycles. The highest BCUT2D eigenvalue weighted by molar-refractivity contribution is 6.03. The summed E-state index contributed by atoms with van der Waals surface area (Å²) in [5, 5.41) is 5.75. The van der Waals surface area contributed by atoms with Crippen LogP contribution < -0.4 is 5.84 Å². The Balaban J connectivity index is 1.71. The van der Waals surface area contributed by atoms with E-state index in [1.807, 2.05) is 23.2 Å². The number of benzene rings is 1. The van der Waals surface area contributed by atoms with Gasteiger partial charge in [0.15, 0.2) is 5.84 Å². The van der Waals surface area contributed by atoms with Gasteiger partial charge in [-0.1, -0.05) is 42.5 Å². The van der Waals surface area contributed by atoms with Crippen LogP contribution in [-0.2, 0) is 6.42 Å². The van der Waals surface area contributed by atoms with Crippen molar-refractivity contribution in [3.63, 3.8) is 0 Å². The predicted molar refractivity (Wildman–Crippen MR) is 76.7 cm³/mol. The number of hydrazine groups is 1. The zero-order chi connectivity index (χ0) is 13.1. The molecule has 0 aliphatic carbocycles. The Morgan fingerprint density at radius 1 is 1.26 bits per heavy atom. The number of hydrogen-bond acceptors (Lipinski definition) is 4. The molecule has 0 unspecified atom stereocenters. The molecule has 0 saturated heterocycles. The molecule has 4 nitrogen and oxygen atoms in total. The van der Waals surface area contributed by atoms with Crippen molar-refractivity contribution in [3.05, 3.63) is 72.0 Å². The molecule has 1 aromatic rings. The summed E-state index contributed by atoms with van der Waals surface area (Å²) in [5.74, 6) is 6.61. The van der Waals surface area contributed by atoms with Crippen molar-refractivity contribution in [1.82, 2.24) is 10.0 Å². The highest BCUT2D eigenvalue weighted by Crippen LogP contribution is 2.17. The lowest BCUT2D eigenvalue weighted by Gasteiger charge is -2.17. The van der Waals surface area contributed by atoms with E-state index in [0.29, 0.717) is 6.67 Å². The van der Waals surface area contributed by atoms with Gasteiger partial charge < -0.3 is 4.90 Å². The van der Waals surface area contributed by atoms with Gasteiger partial charge >= 0.3 is 0 Å². The van der Waals surface area contributed by atoms with Gasteiger partial charge in [0.1, 0.15) is 6.67 Å². The van der Waals surface area contributed by atoms with E-state index in [1.165, 1.54) is 10.7 Å². The Morgan fingerprint density at radius 2 is 2.11 bits per heavy atom. The third-order valence-electron chi connectivity index (χ3n) is 3.09. The summed E-state index contributed by atoms with van der Waals surface area (Å²) in [6.45, 7) is 0.607. The van der Waals surface area contributed by atoms with Gasteiger partial charge in [-0.2, -0.15) is 0 Å². The van der Waals surface area contributed by atoms with E-state index in [4.69, 9.17) is 5.84 Å². The number of hydrazone groups is 1. The molecular weight excluding hydrogens is 236 g/mol. The summed E-state index contributed by atoms with van der Waals surface area (Å²) >= 11 is 0. The minimum absolute atomic E-state index is 0.607. The number of nitrogens with two attached hydrogens (primary N) is 1. The van der Waals surface area contributed by atoms with Crippen LogP contribution in [0.1, 0.15) is 5.56 Å². The summed E-state index contributed by atoms with van der Waals surface area (Å²) in [5.41, 5.74) is 2.39.